The van der Waals surface area contributed by atoms with E-state index in [2.05, 4.69) is 4.90 Å². The van der Waals surface area contributed by atoms with E-state index >= 15 is 0 Å². The van der Waals surface area contributed by atoms with Crippen LogP contribution in [0, 0.1) is 0 Å². The van der Waals surface area contributed by atoms with Crippen molar-refractivity contribution in [1.29, 1.82) is 0 Å². The van der Waals surface area contributed by atoms with E-state index in [4.69, 9.17) is 9.47 Å². The van der Waals surface area contributed by atoms with Crippen LogP contribution >= 0.6 is 0 Å². The van der Waals surface area contributed by atoms with Crippen LogP contribution in [0.4, 0.5) is 0 Å². The second-order valence-corrected chi connectivity index (χ2v) is 8.68. The van der Waals surface area contributed by atoms with E-state index in [0.717, 1.165) is 0 Å². The summed E-state index contributed by atoms with van der Waals surface area (Å²) in [5, 5.41) is 0. The van der Waals surface area contributed by atoms with Gasteiger partial charge in [-0.3, -0.25) is 9.69 Å². The summed E-state index contributed by atoms with van der Waals surface area (Å²) in [6, 6.07) is 5.26. The molecule has 0 aromatic heterocycles. The number of hydrogen-bond donors (Lipinski definition) is 0. The van der Waals surface area contributed by atoms with Gasteiger partial charge in [-0.25, -0.2) is 8.42 Å². The largest absolute Gasteiger partial charge is 0.497 e. The molecule has 0 N–H and O–H groups in total. The molecule has 1 atom stereocenters. The molecule has 0 unspecified atom stereocenters. The number of piperazine rings is 1. The summed E-state index contributed by atoms with van der Waals surface area (Å²) in [6.45, 7) is 2.57. The highest BCUT2D eigenvalue weighted by Crippen LogP contribution is 2.26. The van der Waals surface area contributed by atoms with E-state index < -0.39 is 9.84 Å². The summed E-state index contributed by atoms with van der Waals surface area (Å²) in [5.74, 6) is 1.58. The van der Waals surface area contributed by atoms with E-state index in [-0.39, 0.29) is 23.5 Å². The van der Waals surface area contributed by atoms with Crippen molar-refractivity contribution < 1.29 is 22.7 Å². The molecule has 2 heterocycles. The number of methoxy groups -OCH3 is 2. The van der Waals surface area contributed by atoms with E-state index in [1.807, 2.05) is 0 Å². The Morgan fingerprint density at radius 3 is 2.40 bits per heavy atom. The first kappa shape index (κ1) is 18.0. The Bertz CT molecular complexity index is 741. The fourth-order valence-corrected chi connectivity index (χ4v) is 5.26. The average molecular weight is 368 g/mol. The normalized spacial score (nSPS) is 23.4. The third-order valence-electron chi connectivity index (χ3n) is 4.97. The van der Waals surface area contributed by atoms with Crippen molar-refractivity contribution in [3.05, 3.63) is 23.8 Å². The van der Waals surface area contributed by atoms with Crippen molar-refractivity contribution in [3.63, 3.8) is 0 Å². The summed E-state index contributed by atoms with van der Waals surface area (Å²) in [6.07, 6.45) is 0.697. The Hall–Kier alpha value is -1.80. The quantitative estimate of drug-likeness (QED) is 0.777. The second kappa shape index (κ2) is 7.21. The minimum Gasteiger partial charge on any atom is -0.497 e. The number of nitrogens with zero attached hydrogens (tertiary/aromatic N) is 2. The lowest BCUT2D eigenvalue weighted by atomic mass is 10.1. The molecule has 0 aliphatic carbocycles. The standard InChI is InChI=1S/C17H24N2O5S/c1-23-14-3-4-15(16(11-14)24-2)17(20)19-8-6-18(7-9-19)13-5-10-25(21,22)12-13/h3-4,11,13H,5-10,12H2,1-2H3/t13-/m1/s1. The molecule has 3 rings (SSSR count). The van der Waals surface area contributed by atoms with Gasteiger partial charge in [0.25, 0.3) is 5.91 Å². The van der Waals surface area contributed by atoms with E-state index in [1.54, 1.807) is 30.2 Å². The predicted octanol–water partition coefficient (Wildman–Crippen LogP) is 0.649. The molecule has 2 fully saturated rings. The Morgan fingerprint density at radius 1 is 1.12 bits per heavy atom. The van der Waals surface area contributed by atoms with Crippen LogP contribution in [0.25, 0.3) is 0 Å². The van der Waals surface area contributed by atoms with E-state index in [1.165, 1.54) is 7.11 Å². The Balaban J connectivity index is 1.64. The fourth-order valence-electron chi connectivity index (χ4n) is 3.50. The zero-order valence-corrected chi connectivity index (χ0v) is 15.4. The third-order valence-corrected chi connectivity index (χ3v) is 6.72. The van der Waals surface area contributed by atoms with E-state index in [0.29, 0.717) is 49.7 Å². The highest BCUT2D eigenvalue weighted by atomic mass is 32.2. The van der Waals surface area contributed by atoms with Gasteiger partial charge in [-0.05, 0) is 18.6 Å². The Kier molecular flexibility index (Phi) is 5.19. The second-order valence-electron chi connectivity index (χ2n) is 6.45. The minimum atomic E-state index is -2.88. The Morgan fingerprint density at radius 2 is 1.84 bits per heavy atom. The highest BCUT2D eigenvalue weighted by Gasteiger charge is 2.34. The molecule has 1 amide bonds. The number of carbonyl (C=O) groups excluding carboxylic acids is 1. The van der Waals surface area contributed by atoms with Gasteiger partial charge in [-0.1, -0.05) is 0 Å². The topological polar surface area (TPSA) is 76.2 Å². The molecule has 2 aliphatic rings. The molecule has 25 heavy (non-hydrogen) atoms. The van der Waals surface area contributed by atoms with Gasteiger partial charge in [0.05, 0.1) is 31.3 Å². The zero-order valence-electron chi connectivity index (χ0n) is 14.6. The number of rotatable bonds is 4. The SMILES string of the molecule is COc1ccc(C(=O)N2CCN([C@@H]3CCS(=O)(=O)C3)CC2)c(OC)c1. The van der Waals surface area contributed by atoms with Crippen LogP contribution in [0.15, 0.2) is 18.2 Å². The summed E-state index contributed by atoms with van der Waals surface area (Å²) in [5.41, 5.74) is 0.514. The molecule has 8 heteroatoms. The average Bonchev–Trinajstić information content (AvgIpc) is 3.00. The van der Waals surface area contributed by atoms with Gasteiger partial charge in [0, 0.05) is 38.3 Å². The van der Waals surface area contributed by atoms with Gasteiger partial charge in [0.1, 0.15) is 11.5 Å². The van der Waals surface area contributed by atoms with Gasteiger partial charge in [-0.15, -0.1) is 0 Å². The number of ether oxygens (including phenoxy) is 2. The number of benzene rings is 1. The van der Waals surface area contributed by atoms with Crippen LogP contribution in [0.1, 0.15) is 16.8 Å². The van der Waals surface area contributed by atoms with Crippen molar-refractivity contribution >= 4 is 15.7 Å². The van der Waals surface area contributed by atoms with Crippen LogP contribution in [0.2, 0.25) is 0 Å². The fraction of sp³-hybridized carbons (Fsp3) is 0.588. The molecular weight excluding hydrogens is 344 g/mol. The summed E-state index contributed by atoms with van der Waals surface area (Å²) in [4.78, 5) is 16.8. The molecular formula is C17H24N2O5S. The lowest BCUT2D eigenvalue weighted by Gasteiger charge is -2.37. The molecule has 2 aliphatic heterocycles. The van der Waals surface area contributed by atoms with Crippen molar-refractivity contribution in [2.24, 2.45) is 0 Å². The number of carbonyl (C=O) groups is 1. The molecule has 0 bridgehead atoms. The lowest BCUT2D eigenvalue weighted by Crippen LogP contribution is -2.52. The molecule has 138 valence electrons. The number of amides is 1. The van der Waals surface area contributed by atoms with Gasteiger partial charge in [-0.2, -0.15) is 0 Å². The molecule has 2 saturated heterocycles. The molecule has 7 nitrogen and oxygen atoms in total. The van der Waals surface area contributed by atoms with E-state index in [9.17, 15) is 13.2 Å². The Labute approximate surface area is 148 Å². The maximum Gasteiger partial charge on any atom is 0.257 e. The van der Waals surface area contributed by atoms with Crippen molar-refractivity contribution in [2.75, 3.05) is 51.9 Å². The maximum atomic E-state index is 12.8. The van der Waals surface area contributed by atoms with Crippen molar-refractivity contribution in [2.45, 2.75) is 12.5 Å². The number of sulfone groups is 1. The smallest absolute Gasteiger partial charge is 0.257 e. The van der Waals surface area contributed by atoms with Gasteiger partial charge in [0.15, 0.2) is 9.84 Å². The summed E-state index contributed by atoms with van der Waals surface area (Å²) >= 11 is 0. The van der Waals surface area contributed by atoms with Crippen molar-refractivity contribution in [3.8, 4) is 11.5 Å². The maximum absolute atomic E-state index is 12.8. The third kappa shape index (κ3) is 3.90. The monoisotopic (exact) mass is 368 g/mol. The van der Waals surface area contributed by atoms with Crippen LogP contribution in [-0.2, 0) is 9.84 Å². The van der Waals surface area contributed by atoms with Gasteiger partial charge >= 0.3 is 0 Å². The first-order valence-corrected chi connectivity index (χ1v) is 10.2. The first-order valence-electron chi connectivity index (χ1n) is 8.39. The zero-order chi connectivity index (χ0) is 18.0. The predicted molar refractivity (Wildman–Crippen MR) is 94.1 cm³/mol. The van der Waals surface area contributed by atoms with Gasteiger partial charge in [0.2, 0.25) is 0 Å². The van der Waals surface area contributed by atoms with Crippen LogP contribution in [0.5, 0.6) is 11.5 Å². The highest BCUT2D eigenvalue weighted by molar-refractivity contribution is 7.91. The molecule has 1 aromatic rings. The summed E-state index contributed by atoms with van der Waals surface area (Å²) in [7, 11) is 0.216. The molecule has 0 saturated carbocycles. The molecule has 0 radical (unpaired) electrons. The molecule has 0 spiro atoms. The minimum absolute atomic E-state index is 0.0711. The van der Waals surface area contributed by atoms with Crippen molar-refractivity contribution in [1.82, 2.24) is 9.80 Å². The lowest BCUT2D eigenvalue weighted by molar-refractivity contribution is 0.0585. The van der Waals surface area contributed by atoms with Crippen LogP contribution < -0.4 is 9.47 Å². The summed E-state index contributed by atoms with van der Waals surface area (Å²) < 4.78 is 33.8. The van der Waals surface area contributed by atoms with Gasteiger partial charge < -0.3 is 14.4 Å². The van der Waals surface area contributed by atoms with Crippen LogP contribution in [-0.4, -0.2) is 82.1 Å². The first-order chi connectivity index (χ1) is 11.9. The molecule has 1 aromatic carbocycles. The van der Waals surface area contributed by atoms with Crippen LogP contribution in [0.3, 0.4) is 0 Å². The number of hydrogen-bond acceptors (Lipinski definition) is 6.